The van der Waals surface area contributed by atoms with Crippen LogP contribution in [0.5, 0.6) is 0 Å². The van der Waals surface area contributed by atoms with Crippen LogP contribution in [0.2, 0.25) is 0 Å². The minimum Gasteiger partial charge on any atom is -0.350 e. The summed E-state index contributed by atoms with van der Waals surface area (Å²) in [6.07, 6.45) is -9.30. The lowest BCUT2D eigenvalue weighted by molar-refractivity contribution is -0.898. The van der Waals surface area contributed by atoms with Gasteiger partial charge >= 0.3 is 29.5 Å². The maximum absolute atomic E-state index is 13.1. The number of halogens is 6. The first-order valence-corrected chi connectivity index (χ1v) is 10.0. The Hall–Kier alpha value is -3.10. The maximum Gasteiger partial charge on any atom is 0.422 e. The molecule has 3 rings (SSSR count). The van der Waals surface area contributed by atoms with E-state index in [-0.39, 0.29) is 21.3 Å². The second-order valence-electron chi connectivity index (χ2n) is 6.46. The topological polar surface area (TPSA) is 100 Å². The highest BCUT2D eigenvalue weighted by Gasteiger charge is 2.42. The quantitative estimate of drug-likeness (QED) is 0.346. The van der Waals surface area contributed by atoms with Gasteiger partial charge in [-0.3, -0.25) is 5.21 Å². The minimum absolute atomic E-state index is 0.0917. The fourth-order valence-electron chi connectivity index (χ4n) is 2.94. The highest BCUT2D eigenvalue weighted by molar-refractivity contribution is 7.91. The lowest BCUT2D eigenvalue weighted by Gasteiger charge is -2.08. The first-order valence-electron chi connectivity index (χ1n) is 8.35. The van der Waals surface area contributed by atoms with Crippen molar-refractivity contribution < 1.29 is 54.6 Å². The number of rotatable bonds is 3. The lowest BCUT2D eigenvalue weighted by atomic mass is 10.2. The Kier molecular flexibility index (Phi) is 5.07. The SMILES string of the molecule is CCS(=O)(=O)c1cc(C(F)(F)F)c[n+](O)c1-c1nc2cc(C(F)(F)F)c[n+](O)c2n1C. The third-order valence-electron chi connectivity index (χ3n) is 4.45. The standard InChI is InChI=1S/C16H14F6N4O4S/c1-3-31(29,30)11-5-9(16(20,21)22)6-25(27)12(11)13-23-10-4-8(15(17,18)19)7-26(28)14(10)24(13)2/h4-7,27-28H,3H2,1-2H3/q+2. The van der Waals surface area contributed by atoms with E-state index >= 15 is 0 Å². The van der Waals surface area contributed by atoms with Gasteiger partial charge in [0.05, 0.1) is 12.8 Å². The number of pyridine rings is 2. The Morgan fingerprint density at radius 1 is 1.00 bits per heavy atom. The summed E-state index contributed by atoms with van der Waals surface area (Å²) in [4.78, 5) is 2.90. The van der Waals surface area contributed by atoms with Crippen molar-refractivity contribution in [1.82, 2.24) is 9.55 Å². The third-order valence-corrected chi connectivity index (χ3v) is 6.19. The summed E-state index contributed by atoms with van der Waals surface area (Å²) >= 11 is 0. The van der Waals surface area contributed by atoms with Crippen molar-refractivity contribution in [3.63, 3.8) is 0 Å². The van der Waals surface area contributed by atoms with Crippen molar-refractivity contribution >= 4 is 21.0 Å². The molecule has 0 aliphatic carbocycles. The molecular weight excluding hydrogens is 458 g/mol. The Bertz CT molecular complexity index is 1300. The van der Waals surface area contributed by atoms with E-state index in [0.717, 1.165) is 11.5 Å². The van der Waals surface area contributed by atoms with Crippen molar-refractivity contribution in [3.8, 4) is 11.5 Å². The van der Waals surface area contributed by atoms with E-state index in [1.165, 1.54) is 7.05 Å². The van der Waals surface area contributed by atoms with Crippen LogP contribution < -0.4 is 9.46 Å². The van der Waals surface area contributed by atoms with Crippen LogP contribution >= 0.6 is 0 Å². The summed E-state index contributed by atoms with van der Waals surface area (Å²) in [5, 5.41) is 20.2. The number of fused-ring (bicyclic) bond motifs is 1. The number of alkyl halides is 6. The van der Waals surface area contributed by atoms with Gasteiger partial charge in [0.25, 0.3) is 0 Å². The van der Waals surface area contributed by atoms with E-state index in [1.807, 2.05) is 0 Å². The minimum atomic E-state index is -5.00. The van der Waals surface area contributed by atoms with E-state index in [2.05, 4.69) is 4.98 Å². The fraction of sp³-hybridized carbons (Fsp3) is 0.312. The summed E-state index contributed by atoms with van der Waals surface area (Å²) in [5.74, 6) is -1.14. The van der Waals surface area contributed by atoms with Crippen LogP contribution in [0, 0.1) is 0 Å². The second-order valence-corrected chi connectivity index (χ2v) is 8.71. The first-order chi connectivity index (χ1) is 14.1. The molecule has 8 nitrogen and oxygen atoms in total. The molecule has 0 saturated heterocycles. The molecule has 0 aliphatic rings. The monoisotopic (exact) mass is 472 g/mol. The molecule has 3 aromatic heterocycles. The number of aromatic nitrogens is 4. The lowest BCUT2D eigenvalue weighted by Crippen LogP contribution is -2.37. The van der Waals surface area contributed by atoms with Crippen molar-refractivity contribution in [2.75, 3.05) is 5.75 Å². The van der Waals surface area contributed by atoms with Crippen molar-refractivity contribution in [1.29, 1.82) is 0 Å². The molecule has 3 heterocycles. The van der Waals surface area contributed by atoms with Crippen LogP contribution in [0.15, 0.2) is 29.4 Å². The molecule has 0 atom stereocenters. The summed E-state index contributed by atoms with van der Waals surface area (Å²) in [6, 6.07) is 0.861. The van der Waals surface area contributed by atoms with Crippen LogP contribution in [0.4, 0.5) is 26.3 Å². The summed E-state index contributed by atoms with van der Waals surface area (Å²) < 4.78 is 104. The Balaban J connectivity index is 2.42. The molecule has 0 amide bonds. The highest BCUT2D eigenvalue weighted by Crippen LogP contribution is 2.34. The first kappa shape index (κ1) is 22.6. The number of sulfone groups is 1. The zero-order chi connectivity index (χ0) is 23.5. The van der Waals surface area contributed by atoms with Gasteiger partial charge in [0, 0.05) is 4.73 Å². The Morgan fingerprint density at radius 2 is 1.52 bits per heavy atom. The van der Waals surface area contributed by atoms with Crippen LogP contribution in [-0.2, 0) is 29.2 Å². The van der Waals surface area contributed by atoms with E-state index in [9.17, 15) is 45.2 Å². The normalized spacial score (nSPS) is 13.2. The van der Waals surface area contributed by atoms with Gasteiger partial charge in [0.2, 0.25) is 6.20 Å². The summed E-state index contributed by atoms with van der Waals surface area (Å²) in [5.41, 5.74) is -4.25. The Morgan fingerprint density at radius 3 is 2.03 bits per heavy atom. The molecule has 0 aliphatic heterocycles. The van der Waals surface area contributed by atoms with Gasteiger partial charge in [0.1, 0.15) is 17.3 Å². The van der Waals surface area contributed by atoms with Gasteiger partial charge in [-0.15, -0.1) is 0 Å². The molecule has 3 aromatic rings. The average molecular weight is 472 g/mol. The van der Waals surface area contributed by atoms with Crippen LogP contribution in [-0.4, -0.2) is 34.1 Å². The van der Waals surface area contributed by atoms with Crippen LogP contribution in [0.1, 0.15) is 18.1 Å². The number of hydrogen-bond acceptors (Lipinski definition) is 5. The van der Waals surface area contributed by atoms with E-state index in [0.29, 0.717) is 18.3 Å². The molecule has 0 fully saturated rings. The molecule has 0 bridgehead atoms. The number of hydrogen-bond donors (Lipinski definition) is 2. The largest absolute Gasteiger partial charge is 0.422 e. The van der Waals surface area contributed by atoms with E-state index < -0.39 is 61.0 Å². The number of aryl methyl sites for hydroxylation is 1. The molecule has 0 spiro atoms. The number of nitrogens with zero attached hydrogens (tertiary/aromatic N) is 4. The zero-order valence-corrected chi connectivity index (χ0v) is 16.5. The van der Waals surface area contributed by atoms with Crippen molar-refractivity contribution in [2.24, 2.45) is 7.05 Å². The third kappa shape index (κ3) is 3.84. The smallest absolute Gasteiger partial charge is 0.350 e. The van der Waals surface area contributed by atoms with Gasteiger partial charge in [-0.25, -0.2) is 13.0 Å². The van der Waals surface area contributed by atoms with Gasteiger partial charge in [0.15, 0.2) is 20.2 Å². The van der Waals surface area contributed by atoms with Gasteiger partial charge < -0.3 is 5.21 Å². The second kappa shape index (κ2) is 6.96. The molecular formula is C16H14F6N4O4S+2. The zero-order valence-electron chi connectivity index (χ0n) is 15.7. The molecule has 168 valence electrons. The summed E-state index contributed by atoms with van der Waals surface area (Å²) in [7, 11) is -3.19. The molecule has 2 N–H and O–H groups in total. The molecule has 0 aromatic carbocycles. The van der Waals surface area contributed by atoms with Crippen LogP contribution in [0.3, 0.4) is 0 Å². The molecule has 31 heavy (non-hydrogen) atoms. The predicted molar refractivity (Wildman–Crippen MR) is 88.6 cm³/mol. The Labute approximate surface area is 170 Å². The van der Waals surface area contributed by atoms with Crippen molar-refractivity contribution in [2.45, 2.75) is 24.2 Å². The van der Waals surface area contributed by atoms with E-state index in [1.54, 1.807) is 0 Å². The highest BCUT2D eigenvalue weighted by atomic mass is 32.2. The van der Waals surface area contributed by atoms with Gasteiger partial charge in [-0.2, -0.15) is 31.3 Å². The molecule has 0 unspecified atom stereocenters. The van der Waals surface area contributed by atoms with Crippen LogP contribution in [0.25, 0.3) is 22.7 Å². The predicted octanol–water partition coefficient (Wildman–Crippen LogP) is 2.12. The maximum atomic E-state index is 13.1. The fourth-order valence-corrected chi connectivity index (χ4v) is 4.04. The molecule has 15 heteroatoms. The molecule has 0 radical (unpaired) electrons. The number of imidazole rings is 1. The van der Waals surface area contributed by atoms with Crippen molar-refractivity contribution in [3.05, 3.63) is 35.7 Å². The molecule has 0 saturated carbocycles. The van der Waals surface area contributed by atoms with Gasteiger partial charge in [-0.05, 0) is 16.9 Å². The average Bonchev–Trinajstić information content (AvgIpc) is 2.96. The van der Waals surface area contributed by atoms with Gasteiger partial charge in [-0.1, -0.05) is 6.92 Å². The van der Waals surface area contributed by atoms with E-state index in [4.69, 9.17) is 0 Å². The summed E-state index contributed by atoms with van der Waals surface area (Å²) in [6.45, 7) is 1.16.